The number of hydrogen-bond acceptors (Lipinski definition) is 3. The van der Waals surface area contributed by atoms with Crippen LogP contribution in [0.15, 0.2) is 18.3 Å². The van der Waals surface area contributed by atoms with Crippen LogP contribution in [-0.4, -0.2) is 24.1 Å². The van der Waals surface area contributed by atoms with Crippen molar-refractivity contribution >= 4 is 5.82 Å². The zero-order valence-electron chi connectivity index (χ0n) is 9.29. The van der Waals surface area contributed by atoms with Crippen LogP contribution in [0.3, 0.4) is 0 Å². The number of aryl methyl sites for hydroxylation is 1. The van der Waals surface area contributed by atoms with Gasteiger partial charge in [-0.3, -0.25) is 0 Å². The van der Waals surface area contributed by atoms with E-state index in [9.17, 15) is 0 Å². The van der Waals surface area contributed by atoms with Crippen molar-refractivity contribution in [3.8, 4) is 0 Å². The Labute approximate surface area is 91.3 Å². The van der Waals surface area contributed by atoms with Gasteiger partial charge < -0.3 is 10.6 Å². The molecule has 0 aromatic carbocycles. The second kappa shape index (κ2) is 5.12. The molecule has 3 heteroatoms. The predicted octanol–water partition coefficient (Wildman–Crippen LogP) is 1.94. The van der Waals surface area contributed by atoms with Crippen LogP contribution in [-0.2, 0) is 0 Å². The third-order valence-corrected chi connectivity index (χ3v) is 2.87. The largest absolute Gasteiger partial charge is 0.370 e. The summed E-state index contributed by atoms with van der Waals surface area (Å²) in [5.74, 6) is 0.985. The molecule has 1 atom stereocenters. The lowest BCUT2D eigenvalue weighted by molar-refractivity contribution is 0.574. The zero-order chi connectivity index (χ0) is 10.5. The first kappa shape index (κ1) is 10.4. The molecule has 2 N–H and O–H groups in total. The second-order valence-corrected chi connectivity index (χ2v) is 4.23. The van der Waals surface area contributed by atoms with Crippen LogP contribution in [0.4, 0.5) is 5.82 Å². The van der Waals surface area contributed by atoms with Crippen LogP contribution < -0.4 is 10.6 Å². The average Bonchev–Trinajstić information content (AvgIpc) is 2.74. The molecule has 82 valence electrons. The molecular formula is C12H19N3. The van der Waals surface area contributed by atoms with Crippen molar-refractivity contribution in [3.63, 3.8) is 0 Å². The summed E-state index contributed by atoms with van der Waals surface area (Å²) >= 11 is 0. The first-order chi connectivity index (χ1) is 7.34. The molecule has 1 aliphatic rings. The minimum absolute atomic E-state index is 0.711. The average molecular weight is 205 g/mol. The fourth-order valence-corrected chi connectivity index (χ4v) is 1.95. The highest BCUT2D eigenvalue weighted by Gasteiger charge is 2.12. The Hall–Kier alpha value is -1.09. The van der Waals surface area contributed by atoms with E-state index in [2.05, 4.69) is 28.6 Å². The van der Waals surface area contributed by atoms with Crippen LogP contribution in [0, 0.1) is 6.92 Å². The highest BCUT2D eigenvalue weighted by Crippen LogP contribution is 2.09. The number of hydrogen-bond donors (Lipinski definition) is 2. The third kappa shape index (κ3) is 3.20. The van der Waals surface area contributed by atoms with Gasteiger partial charge in [0.25, 0.3) is 0 Å². The molecule has 1 saturated heterocycles. The van der Waals surface area contributed by atoms with Gasteiger partial charge in [-0.1, -0.05) is 6.07 Å². The van der Waals surface area contributed by atoms with Crippen molar-refractivity contribution in [1.29, 1.82) is 0 Å². The number of rotatable bonds is 4. The smallest absolute Gasteiger partial charge is 0.125 e. The van der Waals surface area contributed by atoms with Crippen molar-refractivity contribution in [2.24, 2.45) is 0 Å². The Morgan fingerprint density at radius 2 is 2.47 bits per heavy atom. The van der Waals surface area contributed by atoms with Gasteiger partial charge in [0, 0.05) is 18.8 Å². The van der Waals surface area contributed by atoms with Crippen molar-refractivity contribution in [2.75, 3.05) is 18.4 Å². The maximum Gasteiger partial charge on any atom is 0.125 e. The van der Waals surface area contributed by atoms with Gasteiger partial charge in [0.05, 0.1) is 0 Å². The molecule has 1 unspecified atom stereocenters. The maximum atomic E-state index is 4.31. The van der Waals surface area contributed by atoms with Gasteiger partial charge in [0.1, 0.15) is 5.82 Å². The van der Waals surface area contributed by atoms with Gasteiger partial charge in [-0.15, -0.1) is 0 Å². The molecule has 2 rings (SSSR count). The Morgan fingerprint density at radius 1 is 1.53 bits per heavy atom. The van der Waals surface area contributed by atoms with E-state index in [0.717, 1.165) is 12.4 Å². The first-order valence-electron chi connectivity index (χ1n) is 5.74. The summed E-state index contributed by atoms with van der Waals surface area (Å²) in [7, 11) is 0. The zero-order valence-corrected chi connectivity index (χ0v) is 9.29. The predicted molar refractivity (Wildman–Crippen MR) is 63.1 cm³/mol. The Bertz CT molecular complexity index is 288. The lowest BCUT2D eigenvalue weighted by Crippen LogP contribution is -2.24. The molecule has 15 heavy (non-hydrogen) atoms. The molecule has 1 fully saturated rings. The highest BCUT2D eigenvalue weighted by atomic mass is 15.0. The quantitative estimate of drug-likeness (QED) is 0.789. The lowest BCUT2D eigenvalue weighted by Gasteiger charge is -2.10. The minimum atomic E-state index is 0.711. The normalized spacial score (nSPS) is 20.5. The topological polar surface area (TPSA) is 37.0 Å². The monoisotopic (exact) mass is 205 g/mol. The standard InChI is InChI=1S/C12H19N3/c1-10-4-5-12(15-9-10)14-8-6-11-3-2-7-13-11/h4-5,9,11,13H,2-3,6-8H2,1H3,(H,14,15). The summed E-state index contributed by atoms with van der Waals surface area (Å²) in [5, 5.41) is 6.84. The third-order valence-electron chi connectivity index (χ3n) is 2.87. The molecular weight excluding hydrogens is 186 g/mol. The number of pyridine rings is 1. The first-order valence-corrected chi connectivity index (χ1v) is 5.74. The van der Waals surface area contributed by atoms with Crippen molar-refractivity contribution in [1.82, 2.24) is 10.3 Å². The molecule has 0 amide bonds. The molecule has 3 nitrogen and oxygen atoms in total. The van der Waals surface area contributed by atoms with Crippen molar-refractivity contribution < 1.29 is 0 Å². The Kier molecular flexibility index (Phi) is 3.56. The van der Waals surface area contributed by atoms with Crippen molar-refractivity contribution in [3.05, 3.63) is 23.9 Å². The van der Waals surface area contributed by atoms with Crippen LogP contribution in [0.2, 0.25) is 0 Å². The summed E-state index contributed by atoms with van der Waals surface area (Å²) in [6.45, 7) is 4.25. The highest BCUT2D eigenvalue weighted by molar-refractivity contribution is 5.34. The molecule has 0 spiro atoms. The fraction of sp³-hybridized carbons (Fsp3) is 0.583. The number of aromatic nitrogens is 1. The van der Waals surface area contributed by atoms with E-state index >= 15 is 0 Å². The number of nitrogens with one attached hydrogen (secondary N) is 2. The summed E-state index contributed by atoms with van der Waals surface area (Å²) < 4.78 is 0. The Morgan fingerprint density at radius 3 is 3.13 bits per heavy atom. The second-order valence-electron chi connectivity index (χ2n) is 4.23. The summed E-state index contributed by atoms with van der Waals surface area (Å²) in [6, 6.07) is 4.84. The van der Waals surface area contributed by atoms with E-state index in [-0.39, 0.29) is 0 Å². The van der Waals surface area contributed by atoms with Gasteiger partial charge in [0.2, 0.25) is 0 Å². The Balaban J connectivity index is 1.71. The van der Waals surface area contributed by atoms with Gasteiger partial charge in [-0.05, 0) is 44.4 Å². The molecule has 1 aromatic rings. The molecule has 0 saturated carbocycles. The van der Waals surface area contributed by atoms with E-state index in [1.54, 1.807) is 0 Å². The summed E-state index contributed by atoms with van der Waals surface area (Å²) in [6.07, 6.45) is 5.74. The summed E-state index contributed by atoms with van der Waals surface area (Å²) in [4.78, 5) is 4.31. The summed E-state index contributed by atoms with van der Waals surface area (Å²) in [5.41, 5.74) is 1.21. The fourth-order valence-electron chi connectivity index (χ4n) is 1.95. The van der Waals surface area contributed by atoms with Crippen LogP contribution in [0.1, 0.15) is 24.8 Å². The van der Waals surface area contributed by atoms with Crippen LogP contribution >= 0.6 is 0 Å². The number of nitrogens with zero attached hydrogens (tertiary/aromatic N) is 1. The van der Waals surface area contributed by atoms with Crippen molar-refractivity contribution in [2.45, 2.75) is 32.2 Å². The molecule has 1 aromatic heterocycles. The lowest BCUT2D eigenvalue weighted by atomic mass is 10.1. The maximum absolute atomic E-state index is 4.31. The van der Waals surface area contributed by atoms with Crippen LogP contribution in [0.5, 0.6) is 0 Å². The van der Waals surface area contributed by atoms with E-state index in [4.69, 9.17) is 0 Å². The van der Waals surface area contributed by atoms with Crippen LogP contribution in [0.25, 0.3) is 0 Å². The van der Waals surface area contributed by atoms with E-state index in [1.165, 1.54) is 31.4 Å². The number of anilines is 1. The van der Waals surface area contributed by atoms with E-state index in [0.29, 0.717) is 6.04 Å². The van der Waals surface area contributed by atoms with E-state index < -0.39 is 0 Å². The van der Waals surface area contributed by atoms with E-state index in [1.807, 2.05) is 12.3 Å². The SMILES string of the molecule is Cc1ccc(NCCC2CCCN2)nc1. The molecule has 2 heterocycles. The van der Waals surface area contributed by atoms with Gasteiger partial charge in [-0.2, -0.15) is 0 Å². The van der Waals surface area contributed by atoms with Gasteiger partial charge >= 0.3 is 0 Å². The van der Waals surface area contributed by atoms with Gasteiger partial charge in [-0.25, -0.2) is 4.98 Å². The molecule has 0 aliphatic carbocycles. The molecule has 0 radical (unpaired) electrons. The molecule has 0 bridgehead atoms. The molecule has 1 aliphatic heterocycles. The minimum Gasteiger partial charge on any atom is -0.370 e. The van der Waals surface area contributed by atoms with Gasteiger partial charge in [0.15, 0.2) is 0 Å².